The van der Waals surface area contributed by atoms with Crippen LogP contribution in [0.15, 0.2) is 41.0 Å². The summed E-state index contributed by atoms with van der Waals surface area (Å²) in [4.78, 5) is 34.7. The van der Waals surface area contributed by atoms with Gasteiger partial charge in [0.25, 0.3) is 11.6 Å². The Balaban J connectivity index is 1.36. The molecular formula is C22H20N2O6. The number of hydrogen-bond donors (Lipinski definition) is 1. The monoisotopic (exact) mass is 408 g/mol. The number of ether oxygens (including phenoxy) is 1. The van der Waals surface area contributed by atoms with E-state index >= 15 is 0 Å². The average Bonchev–Trinajstić information content (AvgIpc) is 3.32. The molecule has 0 saturated heterocycles. The molecule has 0 atom stereocenters. The molecule has 3 aromatic rings. The van der Waals surface area contributed by atoms with Crippen LogP contribution in [-0.4, -0.2) is 23.4 Å². The van der Waals surface area contributed by atoms with Crippen molar-refractivity contribution in [3.63, 3.8) is 0 Å². The van der Waals surface area contributed by atoms with Gasteiger partial charge < -0.3 is 14.5 Å². The molecule has 1 amide bonds. The first kappa shape index (κ1) is 19.6. The van der Waals surface area contributed by atoms with Gasteiger partial charge in [0, 0.05) is 23.1 Å². The summed E-state index contributed by atoms with van der Waals surface area (Å²) in [5.41, 5.74) is 4.88. The van der Waals surface area contributed by atoms with Gasteiger partial charge in [0.15, 0.2) is 6.61 Å². The second-order valence-electron chi connectivity index (χ2n) is 7.37. The highest BCUT2D eigenvalue weighted by atomic mass is 16.6. The van der Waals surface area contributed by atoms with Crippen molar-refractivity contribution in [2.75, 3.05) is 11.9 Å². The lowest BCUT2D eigenvalue weighted by Gasteiger charge is -2.09. The number of furan rings is 1. The number of carbonyl (C=O) groups is 2. The van der Waals surface area contributed by atoms with E-state index in [4.69, 9.17) is 9.15 Å². The zero-order valence-electron chi connectivity index (χ0n) is 16.4. The molecule has 8 nitrogen and oxygen atoms in total. The summed E-state index contributed by atoms with van der Waals surface area (Å²) in [6, 6.07) is 8.27. The van der Waals surface area contributed by atoms with Gasteiger partial charge in [-0.15, -0.1) is 0 Å². The van der Waals surface area contributed by atoms with Crippen LogP contribution < -0.4 is 5.32 Å². The number of anilines is 1. The summed E-state index contributed by atoms with van der Waals surface area (Å²) in [5.74, 6) is -1.12. The molecule has 0 unspecified atom stereocenters. The lowest BCUT2D eigenvalue weighted by Crippen LogP contribution is -2.22. The van der Waals surface area contributed by atoms with E-state index in [2.05, 4.69) is 11.4 Å². The highest BCUT2D eigenvalue weighted by molar-refractivity contribution is 5.94. The fourth-order valence-electron chi connectivity index (χ4n) is 3.68. The van der Waals surface area contributed by atoms with Gasteiger partial charge >= 0.3 is 5.97 Å². The molecule has 4 rings (SSSR count). The summed E-state index contributed by atoms with van der Waals surface area (Å²) in [6.45, 7) is 1.23. The SMILES string of the molecule is Cc1ccc([N+](=O)[O-])cc1NC(=O)COC(=O)Cc1coc2cc3c(cc12)CCC3. The molecule has 0 radical (unpaired) electrons. The molecule has 1 aliphatic rings. The van der Waals surface area contributed by atoms with E-state index in [-0.39, 0.29) is 12.1 Å². The Kier molecular flexibility index (Phi) is 5.22. The fraction of sp³-hybridized carbons (Fsp3) is 0.273. The topological polar surface area (TPSA) is 112 Å². The normalized spacial score (nSPS) is 12.6. The van der Waals surface area contributed by atoms with Crippen LogP contribution >= 0.6 is 0 Å². The van der Waals surface area contributed by atoms with Gasteiger partial charge in [0.05, 0.1) is 23.3 Å². The van der Waals surface area contributed by atoms with Gasteiger partial charge in [-0.3, -0.25) is 19.7 Å². The van der Waals surface area contributed by atoms with Crippen LogP contribution in [-0.2, 0) is 33.6 Å². The Hall–Kier alpha value is -3.68. The Morgan fingerprint density at radius 3 is 2.73 bits per heavy atom. The van der Waals surface area contributed by atoms with Crippen molar-refractivity contribution in [3.05, 3.63) is 69.0 Å². The average molecular weight is 408 g/mol. The number of hydrogen-bond acceptors (Lipinski definition) is 6. The lowest BCUT2D eigenvalue weighted by molar-refractivity contribution is -0.384. The maximum absolute atomic E-state index is 12.2. The molecule has 1 N–H and O–H groups in total. The molecule has 0 spiro atoms. The van der Waals surface area contributed by atoms with Crippen LogP contribution in [0.3, 0.4) is 0 Å². The zero-order chi connectivity index (χ0) is 21.3. The first-order chi connectivity index (χ1) is 14.4. The smallest absolute Gasteiger partial charge is 0.310 e. The largest absolute Gasteiger partial charge is 0.464 e. The minimum Gasteiger partial charge on any atom is -0.464 e. The van der Waals surface area contributed by atoms with Crippen molar-refractivity contribution in [1.82, 2.24) is 0 Å². The lowest BCUT2D eigenvalue weighted by atomic mass is 10.0. The minimum absolute atomic E-state index is 0.00506. The fourth-order valence-corrected chi connectivity index (χ4v) is 3.68. The molecule has 1 aromatic heterocycles. The molecule has 8 heteroatoms. The van der Waals surface area contributed by atoms with Crippen LogP contribution in [0.25, 0.3) is 11.0 Å². The minimum atomic E-state index is -0.568. The third-order valence-corrected chi connectivity index (χ3v) is 5.27. The summed E-state index contributed by atoms with van der Waals surface area (Å²) < 4.78 is 10.7. The second kappa shape index (κ2) is 7.98. The third-order valence-electron chi connectivity index (χ3n) is 5.27. The van der Waals surface area contributed by atoms with E-state index in [1.165, 1.54) is 23.3 Å². The Morgan fingerprint density at radius 2 is 1.97 bits per heavy atom. The first-order valence-electron chi connectivity index (χ1n) is 9.63. The van der Waals surface area contributed by atoms with E-state index in [0.29, 0.717) is 11.3 Å². The molecule has 1 aliphatic carbocycles. The molecule has 30 heavy (non-hydrogen) atoms. The van der Waals surface area contributed by atoms with Gasteiger partial charge in [-0.2, -0.15) is 0 Å². The van der Waals surface area contributed by atoms with E-state index < -0.39 is 23.4 Å². The maximum Gasteiger partial charge on any atom is 0.310 e. The predicted molar refractivity (Wildman–Crippen MR) is 109 cm³/mol. The Bertz CT molecular complexity index is 1160. The van der Waals surface area contributed by atoms with Crippen molar-refractivity contribution in [3.8, 4) is 0 Å². The van der Waals surface area contributed by atoms with Crippen molar-refractivity contribution < 1.29 is 23.7 Å². The molecule has 0 saturated carbocycles. The van der Waals surface area contributed by atoms with Crippen LogP contribution in [0, 0.1) is 17.0 Å². The number of esters is 1. The maximum atomic E-state index is 12.2. The number of nitro benzene ring substituents is 1. The number of benzene rings is 2. The number of rotatable bonds is 6. The number of nitro groups is 1. The van der Waals surface area contributed by atoms with E-state index in [1.54, 1.807) is 19.3 Å². The molecule has 0 bridgehead atoms. The molecule has 1 heterocycles. The van der Waals surface area contributed by atoms with Gasteiger partial charge in [-0.05, 0) is 55.0 Å². The van der Waals surface area contributed by atoms with Gasteiger partial charge in [0.1, 0.15) is 5.58 Å². The summed E-state index contributed by atoms with van der Waals surface area (Å²) in [5, 5.41) is 14.3. The summed E-state index contributed by atoms with van der Waals surface area (Å²) in [6.07, 6.45) is 4.74. The van der Waals surface area contributed by atoms with Gasteiger partial charge in [-0.1, -0.05) is 6.07 Å². The predicted octanol–water partition coefficient (Wildman–Crippen LogP) is 3.86. The van der Waals surface area contributed by atoms with Crippen LogP contribution in [0.5, 0.6) is 0 Å². The van der Waals surface area contributed by atoms with E-state index in [0.717, 1.165) is 35.8 Å². The summed E-state index contributed by atoms with van der Waals surface area (Å²) in [7, 11) is 0. The van der Waals surface area contributed by atoms with Crippen molar-refractivity contribution in [1.29, 1.82) is 0 Å². The highest BCUT2D eigenvalue weighted by Crippen LogP contribution is 2.30. The zero-order valence-corrected chi connectivity index (χ0v) is 16.4. The highest BCUT2D eigenvalue weighted by Gasteiger charge is 2.18. The molecule has 0 fully saturated rings. The summed E-state index contributed by atoms with van der Waals surface area (Å²) >= 11 is 0. The van der Waals surface area contributed by atoms with Gasteiger partial charge in [0.2, 0.25) is 0 Å². The number of fused-ring (bicyclic) bond motifs is 2. The Morgan fingerprint density at radius 1 is 1.20 bits per heavy atom. The third kappa shape index (κ3) is 4.03. The van der Waals surface area contributed by atoms with Crippen LogP contribution in [0.2, 0.25) is 0 Å². The molecule has 154 valence electrons. The van der Waals surface area contributed by atoms with Crippen molar-refractivity contribution >= 4 is 34.2 Å². The number of nitrogens with one attached hydrogen (secondary N) is 1. The number of amides is 1. The molecule has 0 aliphatic heterocycles. The standard InChI is InChI=1S/C22H20N2O6/c1-13-5-6-17(24(27)28)10-19(13)23-21(25)12-30-22(26)9-16-11-29-20-8-15-4-2-3-14(15)7-18(16)20/h5-8,10-11H,2-4,9,12H2,1H3,(H,23,25). The number of carbonyl (C=O) groups excluding carboxylic acids is 2. The second-order valence-corrected chi connectivity index (χ2v) is 7.37. The molecule has 2 aromatic carbocycles. The quantitative estimate of drug-likeness (QED) is 0.377. The first-order valence-corrected chi connectivity index (χ1v) is 9.63. The van der Waals surface area contributed by atoms with Crippen LogP contribution in [0.1, 0.15) is 28.7 Å². The Labute approximate surface area is 172 Å². The number of aryl methyl sites for hydroxylation is 3. The van der Waals surface area contributed by atoms with E-state index in [9.17, 15) is 19.7 Å². The number of nitrogens with zero attached hydrogens (tertiary/aromatic N) is 1. The van der Waals surface area contributed by atoms with Crippen molar-refractivity contribution in [2.24, 2.45) is 0 Å². The van der Waals surface area contributed by atoms with E-state index in [1.807, 2.05) is 6.07 Å². The molecular weight excluding hydrogens is 388 g/mol. The van der Waals surface area contributed by atoms with Crippen molar-refractivity contribution in [2.45, 2.75) is 32.6 Å². The number of non-ortho nitro benzene ring substituents is 1. The van der Waals surface area contributed by atoms with Crippen LogP contribution in [0.4, 0.5) is 11.4 Å². The van der Waals surface area contributed by atoms with Gasteiger partial charge in [-0.25, -0.2) is 0 Å².